The number of hydrogen-bond acceptors (Lipinski definition) is 4. The van der Waals surface area contributed by atoms with Crippen LogP contribution in [-0.2, 0) is 4.74 Å². The monoisotopic (exact) mass is 291 g/mol. The van der Waals surface area contributed by atoms with Crippen molar-refractivity contribution in [3.05, 3.63) is 23.8 Å². The molecule has 3 atom stereocenters. The lowest BCUT2D eigenvalue weighted by Gasteiger charge is -2.43. The third kappa shape index (κ3) is 2.87. The molecule has 0 spiro atoms. The average molecular weight is 291 g/mol. The molecule has 2 aliphatic heterocycles. The van der Waals surface area contributed by atoms with Crippen molar-refractivity contribution in [1.29, 1.82) is 0 Å². The molecule has 0 aromatic heterocycles. The lowest BCUT2D eigenvalue weighted by atomic mass is 9.78. The fourth-order valence-electron chi connectivity index (χ4n) is 3.70. The molecular weight excluding hydrogens is 266 g/mol. The number of hydrogen-bond donors (Lipinski definition) is 2. The fourth-order valence-corrected chi connectivity index (χ4v) is 3.70. The van der Waals surface area contributed by atoms with Crippen LogP contribution in [0.15, 0.2) is 18.2 Å². The van der Waals surface area contributed by atoms with E-state index < -0.39 is 0 Å². The van der Waals surface area contributed by atoms with Gasteiger partial charge >= 0.3 is 0 Å². The number of anilines is 1. The Bertz CT molecular complexity index is 477. The first-order valence-electron chi connectivity index (χ1n) is 8.01. The third-order valence-electron chi connectivity index (χ3n) is 4.72. The van der Waals surface area contributed by atoms with Crippen LogP contribution in [0.2, 0.25) is 0 Å². The zero-order chi connectivity index (χ0) is 14.7. The minimum atomic E-state index is 0.184. The van der Waals surface area contributed by atoms with E-state index >= 15 is 0 Å². The van der Waals surface area contributed by atoms with Crippen molar-refractivity contribution in [2.45, 2.75) is 44.2 Å². The molecule has 0 bridgehead atoms. The second-order valence-corrected chi connectivity index (χ2v) is 5.99. The van der Waals surface area contributed by atoms with Gasteiger partial charge in [0.15, 0.2) is 0 Å². The Morgan fingerprint density at radius 1 is 1.38 bits per heavy atom. The van der Waals surface area contributed by atoms with Gasteiger partial charge in [-0.05, 0) is 38.2 Å². The van der Waals surface area contributed by atoms with Crippen molar-refractivity contribution >= 4 is 5.69 Å². The van der Waals surface area contributed by atoms with E-state index in [4.69, 9.17) is 14.6 Å². The maximum absolute atomic E-state index is 9.00. The summed E-state index contributed by atoms with van der Waals surface area (Å²) in [5.74, 6) is 1.42. The van der Waals surface area contributed by atoms with Gasteiger partial charge in [0.1, 0.15) is 5.75 Å². The Labute approximate surface area is 126 Å². The van der Waals surface area contributed by atoms with Gasteiger partial charge in [-0.25, -0.2) is 0 Å². The summed E-state index contributed by atoms with van der Waals surface area (Å²) in [7, 11) is 1.71. The van der Waals surface area contributed by atoms with Crippen molar-refractivity contribution in [2.75, 3.05) is 25.6 Å². The van der Waals surface area contributed by atoms with Gasteiger partial charge in [0.05, 0.1) is 18.9 Å². The van der Waals surface area contributed by atoms with Crippen LogP contribution in [0, 0.1) is 5.92 Å². The molecule has 1 aromatic rings. The summed E-state index contributed by atoms with van der Waals surface area (Å²) in [6.07, 6.45) is 5.51. The lowest BCUT2D eigenvalue weighted by molar-refractivity contribution is -0.0388. The van der Waals surface area contributed by atoms with Crippen LogP contribution in [-0.4, -0.2) is 31.5 Å². The molecule has 2 heterocycles. The third-order valence-corrected chi connectivity index (χ3v) is 4.72. The van der Waals surface area contributed by atoms with E-state index in [1.807, 2.05) is 12.1 Å². The van der Waals surface area contributed by atoms with Crippen LogP contribution in [0.25, 0.3) is 0 Å². The van der Waals surface area contributed by atoms with Gasteiger partial charge in [0.25, 0.3) is 0 Å². The highest BCUT2D eigenvalue weighted by Crippen LogP contribution is 2.47. The van der Waals surface area contributed by atoms with Gasteiger partial charge < -0.3 is 19.9 Å². The smallest absolute Gasteiger partial charge is 0.142 e. The van der Waals surface area contributed by atoms with Gasteiger partial charge in [0, 0.05) is 30.7 Å². The normalized spacial score (nSPS) is 27.4. The van der Waals surface area contributed by atoms with E-state index in [2.05, 4.69) is 11.4 Å². The molecule has 21 heavy (non-hydrogen) atoms. The molecule has 0 amide bonds. The minimum Gasteiger partial charge on any atom is -0.495 e. The van der Waals surface area contributed by atoms with Crippen LogP contribution in [0.3, 0.4) is 0 Å². The quantitative estimate of drug-likeness (QED) is 0.818. The van der Waals surface area contributed by atoms with E-state index in [1.54, 1.807) is 7.11 Å². The van der Waals surface area contributed by atoms with E-state index in [0.29, 0.717) is 12.0 Å². The number of nitrogens with one attached hydrogen (secondary N) is 1. The number of benzene rings is 1. The molecule has 1 aromatic carbocycles. The van der Waals surface area contributed by atoms with Crippen molar-refractivity contribution in [3.8, 4) is 5.75 Å². The zero-order valence-electron chi connectivity index (χ0n) is 12.7. The molecular formula is C17H25NO3. The Morgan fingerprint density at radius 2 is 2.29 bits per heavy atom. The molecule has 0 unspecified atom stereocenters. The SMILES string of the molecule is COc1cccc2c1N[C@H](CCCCO)[C@@H]1CCCO[C@H]21. The molecule has 2 aliphatic rings. The Kier molecular flexibility index (Phi) is 4.66. The van der Waals surface area contributed by atoms with Gasteiger partial charge in [-0.3, -0.25) is 0 Å². The number of ether oxygens (including phenoxy) is 2. The van der Waals surface area contributed by atoms with Crippen LogP contribution in [0.4, 0.5) is 5.69 Å². The minimum absolute atomic E-state index is 0.184. The number of unbranched alkanes of at least 4 members (excludes halogenated alkanes) is 1. The molecule has 0 saturated carbocycles. The van der Waals surface area contributed by atoms with Crippen LogP contribution < -0.4 is 10.1 Å². The number of para-hydroxylation sites is 1. The molecule has 2 N–H and O–H groups in total. The van der Waals surface area contributed by atoms with Gasteiger partial charge in [-0.2, -0.15) is 0 Å². The van der Waals surface area contributed by atoms with Crippen molar-refractivity contribution in [2.24, 2.45) is 5.92 Å². The number of aliphatic hydroxyl groups is 1. The summed E-state index contributed by atoms with van der Waals surface area (Å²) in [5, 5.41) is 12.7. The van der Waals surface area contributed by atoms with Crippen molar-refractivity contribution < 1.29 is 14.6 Å². The van der Waals surface area contributed by atoms with Crippen molar-refractivity contribution in [3.63, 3.8) is 0 Å². The Hall–Kier alpha value is -1.26. The first-order valence-corrected chi connectivity index (χ1v) is 8.01. The number of rotatable bonds is 5. The van der Waals surface area contributed by atoms with E-state index in [1.165, 1.54) is 12.0 Å². The van der Waals surface area contributed by atoms with Gasteiger partial charge in [-0.15, -0.1) is 0 Å². The Morgan fingerprint density at radius 3 is 3.10 bits per heavy atom. The number of fused-ring (bicyclic) bond motifs is 3. The van der Waals surface area contributed by atoms with Gasteiger partial charge in [-0.1, -0.05) is 12.1 Å². The molecule has 3 rings (SSSR count). The number of methoxy groups -OCH3 is 1. The second kappa shape index (κ2) is 6.67. The highest BCUT2D eigenvalue weighted by Gasteiger charge is 2.39. The maximum atomic E-state index is 9.00. The fraction of sp³-hybridized carbons (Fsp3) is 0.647. The summed E-state index contributed by atoms with van der Waals surface area (Å²) < 4.78 is 11.6. The van der Waals surface area contributed by atoms with E-state index in [9.17, 15) is 0 Å². The van der Waals surface area contributed by atoms with Crippen LogP contribution in [0.1, 0.15) is 43.8 Å². The van der Waals surface area contributed by atoms with Crippen LogP contribution >= 0.6 is 0 Å². The summed E-state index contributed by atoms with van der Waals surface area (Å²) in [6.45, 7) is 1.12. The van der Waals surface area contributed by atoms with Crippen LogP contribution in [0.5, 0.6) is 5.75 Å². The lowest BCUT2D eigenvalue weighted by Crippen LogP contribution is -2.41. The summed E-state index contributed by atoms with van der Waals surface area (Å²) in [6, 6.07) is 6.60. The summed E-state index contributed by atoms with van der Waals surface area (Å²) >= 11 is 0. The summed E-state index contributed by atoms with van der Waals surface area (Å²) in [4.78, 5) is 0. The molecule has 0 radical (unpaired) electrons. The van der Waals surface area contributed by atoms with Crippen molar-refractivity contribution in [1.82, 2.24) is 0 Å². The number of aliphatic hydroxyl groups excluding tert-OH is 1. The summed E-state index contributed by atoms with van der Waals surface area (Å²) in [5.41, 5.74) is 2.33. The molecule has 116 valence electrons. The first-order chi connectivity index (χ1) is 10.3. The Balaban J connectivity index is 1.87. The predicted octanol–water partition coefficient (Wildman–Crippen LogP) is 3.12. The zero-order valence-corrected chi connectivity index (χ0v) is 12.7. The predicted molar refractivity (Wildman–Crippen MR) is 82.8 cm³/mol. The highest BCUT2D eigenvalue weighted by molar-refractivity contribution is 5.65. The molecule has 1 fully saturated rings. The molecule has 0 aliphatic carbocycles. The second-order valence-electron chi connectivity index (χ2n) is 5.99. The standard InChI is InChI=1S/C17H25NO3/c1-20-15-9-4-6-13-16(15)18-14(8-2-3-10-19)12-7-5-11-21-17(12)13/h4,6,9,12,14,17-19H,2-3,5,7-8,10-11H2,1H3/t12-,14+,17-/m0/s1. The molecule has 4 heteroatoms. The first kappa shape index (κ1) is 14.7. The average Bonchev–Trinajstić information content (AvgIpc) is 2.54. The van der Waals surface area contributed by atoms with E-state index in [0.717, 1.165) is 43.7 Å². The van der Waals surface area contributed by atoms with E-state index in [-0.39, 0.29) is 12.7 Å². The topological polar surface area (TPSA) is 50.7 Å². The maximum Gasteiger partial charge on any atom is 0.142 e. The largest absolute Gasteiger partial charge is 0.495 e. The molecule has 1 saturated heterocycles. The molecule has 4 nitrogen and oxygen atoms in total. The van der Waals surface area contributed by atoms with Gasteiger partial charge in [0.2, 0.25) is 0 Å². The highest BCUT2D eigenvalue weighted by atomic mass is 16.5.